The van der Waals surface area contributed by atoms with Gasteiger partial charge in [-0.1, -0.05) is 6.92 Å². The first-order valence-electron chi connectivity index (χ1n) is 5.66. The minimum atomic E-state index is -1.24. The third-order valence-corrected chi connectivity index (χ3v) is 2.00. The van der Waals surface area contributed by atoms with Crippen LogP contribution in [0, 0.1) is 0 Å². The monoisotopic (exact) mass is 261 g/mol. The number of carboxylic acid groups (broad SMARTS) is 1. The highest BCUT2D eigenvalue weighted by Gasteiger charge is 2.19. The van der Waals surface area contributed by atoms with E-state index in [0.29, 0.717) is 6.54 Å². The lowest BCUT2D eigenvalue weighted by Gasteiger charge is -2.13. The fraction of sp³-hybridized carbons (Fsp3) is 0.700. The normalized spacial score (nSPS) is 11.4. The molecule has 0 saturated heterocycles. The average Bonchev–Trinajstić information content (AvgIpc) is 2.33. The highest BCUT2D eigenvalue weighted by atomic mass is 16.4. The molecular formula is C10H19N3O5. The molecule has 0 aliphatic heterocycles. The number of nitrogens with one attached hydrogen (secondary N) is 3. The van der Waals surface area contributed by atoms with Crippen molar-refractivity contribution < 1.29 is 24.6 Å². The fourth-order valence-corrected chi connectivity index (χ4v) is 1.08. The number of aliphatic hydroxyl groups is 1. The average molecular weight is 261 g/mol. The van der Waals surface area contributed by atoms with Gasteiger partial charge < -0.3 is 26.2 Å². The molecule has 0 aromatic heterocycles. The van der Waals surface area contributed by atoms with Gasteiger partial charge in [0.2, 0.25) is 5.91 Å². The van der Waals surface area contributed by atoms with Crippen LogP contribution in [-0.2, 0) is 9.59 Å². The maximum Gasteiger partial charge on any atom is 0.326 e. The Hall–Kier alpha value is -1.83. The van der Waals surface area contributed by atoms with Crippen molar-refractivity contribution in [1.82, 2.24) is 16.0 Å². The van der Waals surface area contributed by atoms with Gasteiger partial charge in [-0.3, -0.25) is 4.79 Å². The third-order valence-electron chi connectivity index (χ3n) is 2.00. The number of carboxylic acids is 1. The summed E-state index contributed by atoms with van der Waals surface area (Å²) < 4.78 is 0. The first-order chi connectivity index (χ1) is 8.51. The zero-order chi connectivity index (χ0) is 14.0. The molecule has 5 N–H and O–H groups in total. The number of rotatable bonds is 8. The van der Waals surface area contributed by atoms with Gasteiger partial charge >= 0.3 is 12.0 Å². The van der Waals surface area contributed by atoms with E-state index in [2.05, 4.69) is 16.0 Å². The molecule has 3 amide bonds. The van der Waals surface area contributed by atoms with Crippen LogP contribution in [0.3, 0.4) is 0 Å². The minimum Gasteiger partial charge on any atom is -0.480 e. The molecule has 0 unspecified atom stereocenters. The van der Waals surface area contributed by atoms with Crippen LogP contribution in [0.25, 0.3) is 0 Å². The smallest absolute Gasteiger partial charge is 0.326 e. The van der Waals surface area contributed by atoms with Crippen LogP contribution in [0.15, 0.2) is 0 Å². The predicted octanol–water partition coefficient (Wildman–Crippen LogP) is -1.35. The molecule has 0 fully saturated rings. The summed E-state index contributed by atoms with van der Waals surface area (Å²) in [6.45, 7) is 1.84. The topological polar surface area (TPSA) is 128 Å². The summed E-state index contributed by atoms with van der Waals surface area (Å²) >= 11 is 0. The van der Waals surface area contributed by atoms with Gasteiger partial charge in [0.05, 0.1) is 6.54 Å². The van der Waals surface area contributed by atoms with Gasteiger partial charge in [0.1, 0.15) is 6.04 Å². The largest absolute Gasteiger partial charge is 0.480 e. The molecule has 0 spiro atoms. The molecule has 0 aliphatic carbocycles. The minimum absolute atomic E-state index is 0.0925. The molecule has 104 valence electrons. The zero-order valence-electron chi connectivity index (χ0n) is 10.2. The number of amides is 3. The van der Waals surface area contributed by atoms with Crippen molar-refractivity contribution in [2.45, 2.75) is 25.8 Å². The SMILES string of the molecule is CCCNC(=O)CNC(=O)N[C@@H](CCO)C(=O)O. The number of carbonyl (C=O) groups excluding carboxylic acids is 2. The van der Waals surface area contributed by atoms with Crippen LogP contribution in [0.4, 0.5) is 4.79 Å². The van der Waals surface area contributed by atoms with Crippen LogP contribution in [0.1, 0.15) is 19.8 Å². The Morgan fingerprint density at radius 1 is 1.22 bits per heavy atom. The van der Waals surface area contributed by atoms with Gasteiger partial charge in [0, 0.05) is 19.6 Å². The molecule has 8 heteroatoms. The van der Waals surface area contributed by atoms with Crippen molar-refractivity contribution in [3.05, 3.63) is 0 Å². The van der Waals surface area contributed by atoms with E-state index >= 15 is 0 Å². The highest BCUT2D eigenvalue weighted by Crippen LogP contribution is 1.90. The predicted molar refractivity (Wildman–Crippen MR) is 63.0 cm³/mol. The number of hydrogen-bond donors (Lipinski definition) is 5. The second kappa shape index (κ2) is 9.23. The fourth-order valence-electron chi connectivity index (χ4n) is 1.08. The van der Waals surface area contributed by atoms with E-state index in [1.54, 1.807) is 0 Å². The van der Waals surface area contributed by atoms with E-state index in [4.69, 9.17) is 10.2 Å². The molecule has 0 bridgehead atoms. The molecule has 0 aromatic rings. The third kappa shape index (κ3) is 7.44. The van der Waals surface area contributed by atoms with Gasteiger partial charge in [0.15, 0.2) is 0 Å². The lowest BCUT2D eigenvalue weighted by molar-refractivity contribution is -0.139. The molecule has 0 rings (SSSR count). The zero-order valence-corrected chi connectivity index (χ0v) is 10.2. The Kier molecular flexibility index (Phi) is 8.29. The highest BCUT2D eigenvalue weighted by molar-refractivity contribution is 5.86. The molecular weight excluding hydrogens is 242 g/mol. The van der Waals surface area contributed by atoms with Crippen molar-refractivity contribution in [1.29, 1.82) is 0 Å². The van der Waals surface area contributed by atoms with E-state index in [9.17, 15) is 14.4 Å². The Balaban J connectivity index is 3.94. The molecule has 1 atom stereocenters. The second-order valence-corrected chi connectivity index (χ2v) is 3.58. The summed E-state index contributed by atoms with van der Waals surface area (Å²) in [7, 11) is 0. The number of aliphatic carboxylic acids is 1. The first-order valence-corrected chi connectivity index (χ1v) is 5.66. The van der Waals surface area contributed by atoms with Gasteiger partial charge in [-0.05, 0) is 6.42 Å². The molecule has 0 aromatic carbocycles. The Morgan fingerprint density at radius 3 is 2.39 bits per heavy atom. The van der Waals surface area contributed by atoms with E-state index in [1.165, 1.54) is 0 Å². The lowest BCUT2D eigenvalue weighted by atomic mass is 10.2. The van der Waals surface area contributed by atoms with Crippen LogP contribution in [0.2, 0.25) is 0 Å². The summed E-state index contributed by atoms with van der Waals surface area (Å²) in [4.78, 5) is 33.1. The maximum absolute atomic E-state index is 11.3. The molecule has 18 heavy (non-hydrogen) atoms. The molecule has 0 saturated carbocycles. The summed E-state index contributed by atoms with van der Waals surface area (Å²) in [5.41, 5.74) is 0. The van der Waals surface area contributed by atoms with E-state index in [1.807, 2.05) is 6.92 Å². The van der Waals surface area contributed by atoms with Crippen molar-refractivity contribution in [2.75, 3.05) is 19.7 Å². The molecule has 0 heterocycles. The van der Waals surface area contributed by atoms with Crippen molar-refractivity contribution in [3.63, 3.8) is 0 Å². The van der Waals surface area contributed by atoms with E-state index < -0.39 is 18.0 Å². The summed E-state index contributed by atoms with van der Waals surface area (Å²) in [5.74, 6) is -1.59. The van der Waals surface area contributed by atoms with Gasteiger partial charge in [-0.25, -0.2) is 9.59 Å². The van der Waals surface area contributed by atoms with Gasteiger partial charge in [-0.15, -0.1) is 0 Å². The molecule has 0 aliphatic rings. The second-order valence-electron chi connectivity index (χ2n) is 3.58. The van der Waals surface area contributed by atoms with Crippen LogP contribution < -0.4 is 16.0 Å². The van der Waals surface area contributed by atoms with Crippen molar-refractivity contribution in [3.8, 4) is 0 Å². The molecule has 8 nitrogen and oxygen atoms in total. The van der Waals surface area contributed by atoms with E-state index in [0.717, 1.165) is 6.42 Å². The maximum atomic E-state index is 11.3. The number of aliphatic hydroxyl groups excluding tert-OH is 1. The Labute approximate surface area is 105 Å². The van der Waals surface area contributed by atoms with Crippen molar-refractivity contribution >= 4 is 17.9 Å². The van der Waals surface area contributed by atoms with Crippen LogP contribution >= 0.6 is 0 Å². The Bertz CT molecular complexity index is 295. The quantitative estimate of drug-likeness (QED) is 0.369. The van der Waals surface area contributed by atoms with Gasteiger partial charge in [0.25, 0.3) is 0 Å². The van der Waals surface area contributed by atoms with Crippen LogP contribution in [0.5, 0.6) is 0 Å². The van der Waals surface area contributed by atoms with Crippen molar-refractivity contribution in [2.24, 2.45) is 0 Å². The standard InChI is InChI=1S/C10H19N3O5/c1-2-4-11-8(15)6-12-10(18)13-7(3-5-14)9(16)17/h7,14H,2-6H2,1H3,(H,11,15)(H,16,17)(H2,12,13,18)/t7-/m0/s1. The summed E-state index contributed by atoms with van der Waals surface area (Å²) in [5, 5.41) is 24.2. The lowest BCUT2D eigenvalue weighted by Crippen LogP contribution is -2.48. The number of hydrogen-bond acceptors (Lipinski definition) is 4. The molecule has 0 radical (unpaired) electrons. The number of carbonyl (C=O) groups is 3. The van der Waals surface area contributed by atoms with Crippen LogP contribution in [-0.4, -0.2) is 53.9 Å². The first kappa shape index (κ1) is 16.2. The van der Waals surface area contributed by atoms with E-state index in [-0.39, 0.29) is 25.5 Å². The summed E-state index contributed by atoms with van der Waals surface area (Å²) in [6.07, 6.45) is 0.695. The Morgan fingerprint density at radius 2 is 1.89 bits per heavy atom. The van der Waals surface area contributed by atoms with Gasteiger partial charge in [-0.2, -0.15) is 0 Å². The number of urea groups is 1. The summed E-state index contributed by atoms with van der Waals surface area (Å²) in [6, 6.07) is -1.93.